The number of rotatable bonds is 3. The average molecular weight is 332 g/mol. The van der Waals surface area contributed by atoms with E-state index in [4.69, 9.17) is 5.73 Å². The number of carbonyl (C=O) groups excluding carboxylic acids is 1. The maximum absolute atomic E-state index is 12.4. The molecule has 0 aromatic carbocycles. The van der Waals surface area contributed by atoms with Gasteiger partial charge in [-0.25, -0.2) is 0 Å². The molecule has 9 heteroatoms. The van der Waals surface area contributed by atoms with E-state index in [1.165, 1.54) is 34.0 Å². The Morgan fingerprint density at radius 3 is 2.29 bits per heavy atom. The van der Waals surface area contributed by atoms with Crippen molar-refractivity contribution in [3.8, 4) is 0 Å². The summed E-state index contributed by atoms with van der Waals surface area (Å²) in [4.78, 5) is 15.6. The Morgan fingerprint density at radius 1 is 1.29 bits per heavy atom. The smallest absolute Gasteiger partial charge is 0.281 e. The van der Waals surface area contributed by atoms with Gasteiger partial charge in [-0.2, -0.15) is 17.0 Å². The van der Waals surface area contributed by atoms with Crippen LogP contribution in [0.1, 0.15) is 14.5 Å². The van der Waals surface area contributed by atoms with Crippen molar-refractivity contribution in [2.24, 2.45) is 0 Å². The maximum atomic E-state index is 12.4. The molecule has 1 fully saturated rings. The highest BCUT2D eigenvalue weighted by Gasteiger charge is 2.30. The van der Waals surface area contributed by atoms with Gasteiger partial charge in [0.2, 0.25) is 0 Å². The zero-order valence-electron chi connectivity index (χ0n) is 12.4. The minimum atomic E-state index is -3.41. The first-order valence-electron chi connectivity index (χ1n) is 6.56. The first-order valence-corrected chi connectivity index (χ1v) is 8.77. The average Bonchev–Trinajstić information content (AvgIpc) is 2.78. The largest absolute Gasteiger partial charge is 0.398 e. The van der Waals surface area contributed by atoms with Crippen LogP contribution < -0.4 is 5.73 Å². The standard InChI is InChI=1S/C12H20N4O3S2/c1-9-10(13)8-11(20-9)12(17)15-4-6-16(7-5-15)21(18,19)14(2)3/h8H,4-7,13H2,1-3H3. The van der Waals surface area contributed by atoms with Crippen LogP contribution in [-0.4, -0.2) is 68.1 Å². The predicted octanol–water partition coefficient (Wildman–Crippen LogP) is 0.203. The Morgan fingerprint density at radius 2 is 1.86 bits per heavy atom. The van der Waals surface area contributed by atoms with Crippen molar-refractivity contribution in [2.75, 3.05) is 46.0 Å². The van der Waals surface area contributed by atoms with Gasteiger partial charge < -0.3 is 10.6 Å². The minimum absolute atomic E-state index is 0.0818. The van der Waals surface area contributed by atoms with Crippen molar-refractivity contribution in [1.82, 2.24) is 13.5 Å². The molecule has 0 saturated carbocycles. The number of anilines is 1. The van der Waals surface area contributed by atoms with Gasteiger partial charge in [0, 0.05) is 50.8 Å². The van der Waals surface area contributed by atoms with Gasteiger partial charge in [-0.3, -0.25) is 4.79 Å². The lowest BCUT2D eigenvalue weighted by Gasteiger charge is -2.34. The van der Waals surface area contributed by atoms with Gasteiger partial charge in [0.15, 0.2) is 0 Å². The Labute approximate surface area is 129 Å². The van der Waals surface area contributed by atoms with Crippen molar-refractivity contribution >= 4 is 33.1 Å². The van der Waals surface area contributed by atoms with Crippen LogP contribution in [0.5, 0.6) is 0 Å². The zero-order valence-corrected chi connectivity index (χ0v) is 14.0. The highest BCUT2D eigenvalue weighted by atomic mass is 32.2. The summed E-state index contributed by atoms with van der Waals surface area (Å²) in [7, 11) is -0.397. The SMILES string of the molecule is Cc1sc(C(=O)N2CCN(S(=O)(=O)N(C)C)CC2)cc1N. The van der Waals surface area contributed by atoms with Gasteiger partial charge >= 0.3 is 0 Å². The molecule has 1 aromatic heterocycles. The van der Waals surface area contributed by atoms with Crippen molar-refractivity contribution in [3.63, 3.8) is 0 Å². The highest BCUT2D eigenvalue weighted by Crippen LogP contribution is 2.25. The number of nitrogens with two attached hydrogens (primary N) is 1. The third-order valence-corrected chi connectivity index (χ3v) is 6.48. The summed E-state index contributed by atoms with van der Waals surface area (Å²) >= 11 is 1.37. The van der Waals surface area contributed by atoms with Crippen molar-refractivity contribution in [1.29, 1.82) is 0 Å². The van der Waals surface area contributed by atoms with Crippen LogP contribution in [0.25, 0.3) is 0 Å². The normalized spacial score (nSPS) is 17.4. The first-order chi connectivity index (χ1) is 9.73. The molecule has 0 bridgehead atoms. The number of hydrogen-bond donors (Lipinski definition) is 1. The van der Waals surface area contributed by atoms with E-state index in [1.54, 1.807) is 11.0 Å². The van der Waals surface area contributed by atoms with E-state index >= 15 is 0 Å². The van der Waals surface area contributed by atoms with Gasteiger partial charge in [0.1, 0.15) is 0 Å². The molecule has 1 saturated heterocycles. The molecular formula is C12H20N4O3S2. The number of nitrogen functional groups attached to an aromatic ring is 1. The molecule has 118 valence electrons. The second-order valence-corrected chi connectivity index (χ2v) is 8.50. The molecular weight excluding hydrogens is 312 g/mol. The fraction of sp³-hybridized carbons (Fsp3) is 0.583. The number of piperazine rings is 1. The number of aryl methyl sites for hydroxylation is 1. The molecule has 2 heterocycles. The van der Waals surface area contributed by atoms with Gasteiger partial charge in [-0.15, -0.1) is 11.3 Å². The van der Waals surface area contributed by atoms with E-state index in [0.29, 0.717) is 36.7 Å². The monoisotopic (exact) mass is 332 g/mol. The molecule has 0 aliphatic carbocycles. The van der Waals surface area contributed by atoms with Gasteiger partial charge in [0.25, 0.3) is 16.1 Å². The lowest BCUT2D eigenvalue weighted by atomic mass is 10.3. The molecule has 0 spiro atoms. The molecule has 0 radical (unpaired) electrons. The summed E-state index contributed by atoms with van der Waals surface area (Å²) < 4.78 is 26.6. The Balaban J connectivity index is 2.03. The highest BCUT2D eigenvalue weighted by molar-refractivity contribution is 7.86. The van der Waals surface area contributed by atoms with E-state index in [-0.39, 0.29) is 5.91 Å². The number of nitrogens with zero attached hydrogens (tertiary/aromatic N) is 3. The predicted molar refractivity (Wildman–Crippen MR) is 83.6 cm³/mol. The van der Waals surface area contributed by atoms with Crippen molar-refractivity contribution in [2.45, 2.75) is 6.92 Å². The molecule has 7 nitrogen and oxygen atoms in total. The van der Waals surface area contributed by atoms with E-state index in [2.05, 4.69) is 0 Å². The van der Waals surface area contributed by atoms with Crippen LogP contribution in [0, 0.1) is 6.92 Å². The number of amides is 1. The first kappa shape index (κ1) is 16.2. The topological polar surface area (TPSA) is 87.0 Å². The molecule has 2 N–H and O–H groups in total. The van der Waals surface area contributed by atoms with Crippen molar-refractivity contribution < 1.29 is 13.2 Å². The second kappa shape index (κ2) is 5.91. The second-order valence-electron chi connectivity index (χ2n) is 5.10. The zero-order chi connectivity index (χ0) is 15.8. The van der Waals surface area contributed by atoms with Crippen LogP contribution in [0.15, 0.2) is 6.07 Å². The van der Waals surface area contributed by atoms with Gasteiger partial charge in [-0.1, -0.05) is 0 Å². The number of thiophene rings is 1. The number of hydrogen-bond acceptors (Lipinski definition) is 5. The van der Waals surface area contributed by atoms with Crippen molar-refractivity contribution in [3.05, 3.63) is 15.8 Å². The quantitative estimate of drug-likeness (QED) is 0.857. The molecule has 1 aliphatic rings. The van der Waals surface area contributed by atoms with E-state index in [0.717, 1.165) is 4.88 Å². The molecule has 21 heavy (non-hydrogen) atoms. The fourth-order valence-corrected chi connectivity index (χ4v) is 4.11. The van der Waals surface area contributed by atoms with E-state index in [1.807, 2.05) is 6.92 Å². The summed E-state index contributed by atoms with van der Waals surface area (Å²) in [5.74, 6) is -0.0818. The van der Waals surface area contributed by atoms with Crippen LogP contribution in [0.2, 0.25) is 0 Å². The number of carbonyl (C=O) groups is 1. The molecule has 1 amide bonds. The van der Waals surface area contributed by atoms with Gasteiger partial charge in [0.05, 0.1) is 4.88 Å². The van der Waals surface area contributed by atoms with Crippen LogP contribution in [-0.2, 0) is 10.2 Å². The molecule has 1 aliphatic heterocycles. The summed E-state index contributed by atoms with van der Waals surface area (Å²) in [6.07, 6.45) is 0. The summed E-state index contributed by atoms with van der Waals surface area (Å²) in [6, 6.07) is 1.69. The molecule has 1 aromatic rings. The minimum Gasteiger partial charge on any atom is -0.398 e. The van der Waals surface area contributed by atoms with Crippen LogP contribution >= 0.6 is 11.3 Å². The van der Waals surface area contributed by atoms with Crippen LogP contribution in [0.3, 0.4) is 0 Å². The Bertz CT molecular complexity index is 611. The summed E-state index contributed by atoms with van der Waals surface area (Å²) in [5.41, 5.74) is 6.39. The van der Waals surface area contributed by atoms with Crippen LogP contribution in [0.4, 0.5) is 5.69 Å². The third-order valence-electron chi connectivity index (χ3n) is 3.48. The molecule has 0 atom stereocenters. The lowest BCUT2D eigenvalue weighted by Crippen LogP contribution is -2.52. The Hall–Kier alpha value is -1.16. The van der Waals surface area contributed by atoms with E-state index in [9.17, 15) is 13.2 Å². The summed E-state index contributed by atoms with van der Waals surface area (Å²) in [5, 5.41) is 0. The fourth-order valence-electron chi connectivity index (χ4n) is 2.11. The molecule has 0 unspecified atom stereocenters. The Kier molecular flexibility index (Phi) is 4.57. The van der Waals surface area contributed by atoms with E-state index < -0.39 is 10.2 Å². The summed E-state index contributed by atoms with van der Waals surface area (Å²) in [6.45, 7) is 3.28. The molecule has 2 rings (SSSR count). The third kappa shape index (κ3) is 3.20. The maximum Gasteiger partial charge on any atom is 0.281 e. The lowest BCUT2D eigenvalue weighted by molar-refractivity contribution is 0.0700. The van der Waals surface area contributed by atoms with Gasteiger partial charge in [-0.05, 0) is 13.0 Å².